The SMILES string of the molecule is Cc1ccnc(NC(=O)C2CCC(N)C(C)C2(C)C)c1. The summed E-state index contributed by atoms with van der Waals surface area (Å²) < 4.78 is 0. The van der Waals surface area contributed by atoms with E-state index in [1.807, 2.05) is 19.1 Å². The van der Waals surface area contributed by atoms with Crippen molar-refractivity contribution in [3.8, 4) is 0 Å². The topological polar surface area (TPSA) is 68.0 Å². The number of nitrogens with zero attached hydrogens (tertiary/aromatic N) is 1. The Labute approximate surface area is 121 Å². The van der Waals surface area contributed by atoms with Crippen LogP contribution in [-0.4, -0.2) is 16.9 Å². The van der Waals surface area contributed by atoms with E-state index in [9.17, 15) is 4.79 Å². The van der Waals surface area contributed by atoms with Gasteiger partial charge in [0.1, 0.15) is 5.82 Å². The van der Waals surface area contributed by atoms with Crippen LogP contribution in [-0.2, 0) is 4.79 Å². The molecule has 1 aromatic heterocycles. The highest BCUT2D eigenvalue weighted by Gasteiger charge is 2.45. The molecule has 3 unspecified atom stereocenters. The molecule has 0 aromatic carbocycles. The summed E-state index contributed by atoms with van der Waals surface area (Å²) in [6, 6.07) is 4.00. The van der Waals surface area contributed by atoms with Gasteiger partial charge in [0.25, 0.3) is 0 Å². The standard InChI is InChI=1S/C16H25N3O/c1-10-7-8-18-14(9-10)19-15(20)12-5-6-13(17)11(2)16(12,3)4/h7-9,11-13H,5-6,17H2,1-4H3,(H,18,19,20). The number of amides is 1. The van der Waals surface area contributed by atoms with Crippen LogP contribution in [0.15, 0.2) is 18.3 Å². The number of aryl methyl sites for hydroxylation is 1. The van der Waals surface area contributed by atoms with Gasteiger partial charge in [-0.1, -0.05) is 20.8 Å². The first-order valence-electron chi connectivity index (χ1n) is 7.31. The van der Waals surface area contributed by atoms with E-state index in [0.29, 0.717) is 11.7 Å². The van der Waals surface area contributed by atoms with Gasteiger partial charge >= 0.3 is 0 Å². The number of hydrogen-bond acceptors (Lipinski definition) is 3. The molecule has 1 fully saturated rings. The molecule has 1 heterocycles. The van der Waals surface area contributed by atoms with Gasteiger partial charge in [0.05, 0.1) is 0 Å². The number of carbonyl (C=O) groups is 1. The lowest BCUT2D eigenvalue weighted by molar-refractivity contribution is -0.127. The van der Waals surface area contributed by atoms with E-state index in [0.717, 1.165) is 18.4 Å². The number of anilines is 1. The molecule has 1 aliphatic carbocycles. The van der Waals surface area contributed by atoms with Gasteiger partial charge < -0.3 is 11.1 Å². The number of rotatable bonds is 2. The molecule has 0 saturated heterocycles. The van der Waals surface area contributed by atoms with Crippen molar-refractivity contribution in [2.24, 2.45) is 23.0 Å². The first-order valence-corrected chi connectivity index (χ1v) is 7.31. The Balaban J connectivity index is 2.13. The second kappa shape index (κ2) is 5.52. The van der Waals surface area contributed by atoms with Crippen LogP contribution in [0.5, 0.6) is 0 Å². The molecule has 2 rings (SSSR count). The summed E-state index contributed by atoms with van der Waals surface area (Å²) in [7, 11) is 0. The molecule has 1 aromatic rings. The third-order valence-corrected chi connectivity index (χ3v) is 4.99. The van der Waals surface area contributed by atoms with Crippen LogP contribution in [0.4, 0.5) is 5.82 Å². The fraction of sp³-hybridized carbons (Fsp3) is 0.625. The lowest BCUT2D eigenvalue weighted by Gasteiger charge is -2.45. The maximum absolute atomic E-state index is 12.6. The van der Waals surface area contributed by atoms with Crippen molar-refractivity contribution < 1.29 is 4.79 Å². The molecule has 0 aliphatic heterocycles. The molecule has 1 aliphatic rings. The summed E-state index contributed by atoms with van der Waals surface area (Å²) >= 11 is 0. The smallest absolute Gasteiger partial charge is 0.229 e. The second-order valence-corrected chi connectivity index (χ2v) is 6.61. The third-order valence-electron chi connectivity index (χ3n) is 4.99. The highest BCUT2D eigenvalue weighted by molar-refractivity contribution is 5.92. The van der Waals surface area contributed by atoms with Crippen molar-refractivity contribution in [3.05, 3.63) is 23.9 Å². The quantitative estimate of drug-likeness (QED) is 0.872. The average Bonchev–Trinajstić information content (AvgIpc) is 2.36. The fourth-order valence-corrected chi connectivity index (χ4v) is 3.14. The van der Waals surface area contributed by atoms with Crippen molar-refractivity contribution >= 4 is 11.7 Å². The number of nitrogens with one attached hydrogen (secondary N) is 1. The van der Waals surface area contributed by atoms with Gasteiger partial charge in [0.2, 0.25) is 5.91 Å². The minimum absolute atomic E-state index is 0.0142. The summed E-state index contributed by atoms with van der Waals surface area (Å²) in [4.78, 5) is 16.8. The molecule has 110 valence electrons. The molecular formula is C16H25N3O. The maximum atomic E-state index is 12.6. The summed E-state index contributed by atoms with van der Waals surface area (Å²) in [6.45, 7) is 8.42. The summed E-state index contributed by atoms with van der Waals surface area (Å²) in [5.41, 5.74) is 7.14. The lowest BCUT2D eigenvalue weighted by Crippen LogP contribution is -2.50. The molecule has 3 N–H and O–H groups in total. The molecule has 20 heavy (non-hydrogen) atoms. The van der Waals surface area contributed by atoms with Crippen molar-refractivity contribution in [1.82, 2.24) is 4.98 Å². The highest BCUT2D eigenvalue weighted by atomic mass is 16.2. The maximum Gasteiger partial charge on any atom is 0.229 e. The first-order chi connectivity index (χ1) is 9.32. The number of hydrogen-bond donors (Lipinski definition) is 2. The molecule has 4 nitrogen and oxygen atoms in total. The van der Waals surface area contributed by atoms with Crippen molar-refractivity contribution in [2.75, 3.05) is 5.32 Å². The average molecular weight is 275 g/mol. The van der Waals surface area contributed by atoms with Gasteiger partial charge in [-0.3, -0.25) is 4.79 Å². The predicted molar refractivity (Wildman–Crippen MR) is 81.2 cm³/mol. The van der Waals surface area contributed by atoms with Crippen molar-refractivity contribution in [2.45, 2.75) is 46.6 Å². The Morgan fingerprint density at radius 1 is 1.45 bits per heavy atom. The number of carbonyl (C=O) groups excluding carboxylic acids is 1. The monoisotopic (exact) mass is 275 g/mol. The van der Waals surface area contributed by atoms with Crippen molar-refractivity contribution in [1.29, 1.82) is 0 Å². The van der Waals surface area contributed by atoms with Gasteiger partial charge in [-0.15, -0.1) is 0 Å². The number of nitrogens with two attached hydrogens (primary N) is 1. The predicted octanol–water partition coefficient (Wildman–Crippen LogP) is 2.73. The minimum atomic E-state index is -0.0917. The second-order valence-electron chi connectivity index (χ2n) is 6.61. The normalized spacial score (nSPS) is 28.9. The summed E-state index contributed by atoms with van der Waals surface area (Å²) in [5.74, 6) is 1.01. The van der Waals surface area contributed by atoms with Gasteiger partial charge in [0, 0.05) is 18.2 Å². The van der Waals surface area contributed by atoms with Crippen LogP contribution in [0.25, 0.3) is 0 Å². The first kappa shape index (κ1) is 15.0. The molecule has 4 heteroatoms. The Morgan fingerprint density at radius 2 is 2.15 bits per heavy atom. The van der Waals surface area contributed by atoms with Gasteiger partial charge in [-0.2, -0.15) is 0 Å². The number of pyridine rings is 1. The molecular weight excluding hydrogens is 250 g/mol. The van der Waals surface area contributed by atoms with E-state index in [2.05, 4.69) is 31.1 Å². The van der Waals surface area contributed by atoms with E-state index in [1.54, 1.807) is 6.20 Å². The van der Waals surface area contributed by atoms with Crippen LogP contribution in [0.2, 0.25) is 0 Å². The van der Waals surface area contributed by atoms with Crippen LogP contribution >= 0.6 is 0 Å². The molecule has 0 radical (unpaired) electrons. The molecule has 0 bridgehead atoms. The molecule has 1 amide bonds. The van der Waals surface area contributed by atoms with E-state index in [-0.39, 0.29) is 23.3 Å². The van der Waals surface area contributed by atoms with E-state index < -0.39 is 0 Å². The fourth-order valence-electron chi connectivity index (χ4n) is 3.14. The van der Waals surface area contributed by atoms with E-state index >= 15 is 0 Å². The summed E-state index contributed by atoms with van der Waals surface area (Å²) in [5, 5.41) is 2.95. The Hall–Kier alpha value is -1.42. The largest absolute Gasteiger partial charge is 0.327 e. The van der Waals surface area contributed by atoms with E-state index in [1.165, 1.54) is 0 Å². The van der Waals surface area contributed by atoms with Gasteiger partial charge in [-0.05, 0) is 48.8 Å². The van der Waals surface area contributed by atoms with Crippen LogP contribution in [0, 0.1) is 24.2 Å². The van der Waals surface area contributed by atoms with E-state index in [4.69, 9.17) is 5.73 Å². The minimum Gasteiger partial charge on any atom is -0.327 e. The van der Waals surface area contributed by atoms with Crippen LogP contribution < -0.4 is 11.1 Å². The van der Waals surface area contributed by atoms with Crippen molar-refractivity contribution in [3.63, 3.8) is 0 Å². The number of aromatic nitrogens is 1. The third kappa shape index (κ3) is 2.85. The van der Waals surface area contributed by atoms with Gasteiger partial charge in [0.15, 0.2) is 0 Å². The zero-order chi connectivity index (χ0) is 14.9. The molecule has 0 spiro atoms. The Morgan fingerprint density at radius 3 is 2.80 bits per heavy atom. The van der Waals surface area contributed by atoms with Crippen LogP contribution in [0.3, 0.4) is 0 Å². The van der Waals surface area contributed by atoms with Crippen LogP contribution in [0.1, 0.15) is 39.2 Å². The molecule has 1 saturated carbocycles. The highest BCUT2D eigenvalue weighted by Crippen LogP contribution is 2.44. The molecule has 3 atom stereocenters. The zero-order valence-electron chi connectivity index (χ0n) is 12.8. The zero-order valence-corrected chi connectivity index (χ0v) is 12.8. The Kier molecular flexibility index (Phi) is 4.14. The summed E-state index contributed by atoms with van der Waals surface area (Å²) in [6.07, 6.45) is 3.47. The lowest BCUT2D eigenvalue weighted by atomic mass is 9.61. The van der Waals surface area contributed by atoms with Gasteiger partial charge in [-0.25, -0.2) is 4.98 Å². The Bertz CT molecular complexity index is 498.